The van der Waals surface area contributed by atoms with E-state index in [-0.39, 0.29) is 10.7 Å². The highest BCUT2D eigenvalue weighted by atomic mass is 32.1. The molecule has 0 radical (unpaired) electrons. The summed E-state index contributed by atoms with van der Waals surface area (Å²) in [4.78, 5) is 32.6. The number of benzene rings is 3. The van der Waals surface area contributed by atoms with E-state index in [1.807, 2.05) is 30.3 Å². The zero-order valence-corrected chi connectivity index (χ0v) is 16.5. The summed E-state index contributed by atoms with van der Waals surface area (Å²) < 4.78 is 5.68. The van der Waals surface area contributed by atoms with Crippen molar-refractivity contribution < 1.29 is 19.4 Å². The fourth-order valence-electron chi connectivity index (χ4n) is 2.51. The predicted octanol–water partition coefficient (Wildman–Crippen LogP) is 4.42. The second-order valence-corrected chi connectivity index (χ2v) is 6.51. The van der Waals surface area contributed by atoms with E-state index in [9.17, 15) is 25.0 Å². The molecule has 0 heterocycles. The number of nitro benzene ring substituents is 2. The highest BCUT2D eigenvalue weighted by molar-refractivity contribution is 7.80. The molecule has 31 heavy (non-hydrogen) atoms. The van der Waals surface area contributed by atoms with E-state index in [4.69, 9.17) is 17.0 Å². The molecule has 3 rings (SSSR count). The molecule has 10 nitrogen and oxygen atoms in total. The van der Waals surface area contributed by atoms with E-state index < -0.39 is 27.1 Å². The van der Waals surface area contributed by atoms with Crippen LogP contribution >= 0.6 is 12.2 Å². The van der Waals surface area contributed by atoms with Crippen LogP contribution in [0.15, 0.2) is 72.8 Å². The van der Waals surface area contributed by atoms with Gasteiger partial charge in [0.15, 0.2) is 5.11 Å². The molecule has 0 aliphatic heterocycles. The number of non-ortho nitro benzene ring substituents is 2. The molecule has 156 valence electrons. The molecule has 0 saturated carbocycles. The average Bonchev–Trinajstić information content (AvgIpc) is 2.75. The molecule has 0 atom stereocenters. The van der Waals surface area contributed by atoms with Crippen molar-refractivity contribution in [2.24, 2.45) is 0 Å². The summed E-state index contributed by atoms with van der Waals surface area (Å²) >= 11 is 5.08. The van der Waals surface area contributed by atoms with Gasteiger partial charge in [-0.2, -0.15) is 0 Å². The lowest BCUT2D eigenvalue weighted by atomic mass is 10.1. The van der Waals surface area contributed by atoms with Crippen LogP contribution in [0.25, 0.3) is 0 Å². The molecule has 2 N–H and O–H groups in total. The second-order valence-electron chi connectivity index (χ2n) is 6.10. The number of hydrogen-bond acceptors (Lipinski definition) is 7. The largest absolute Gasteiger partial charge is 0.457 e. The van der Waals surface area contributed by atoms with Crippen molar-refractivity contribution in [2.45, 2.75) is 0 Å². The zero-order valence-electron chi connectivity index (χ0n) is 15.7. The van der Waals surface area contributed by atoms with E-state index in [0.29, 0.717) is 17.2 Å². The average molecular weight is 438 g/mol. The molecule has 0 fully saturated rings. The van der Waals surface area contributed by atoms with Crippen LogP contribution in [0.3, 0.4) is 0 Å². The van der Waals surface area contributed by atoms with Crippen LogP contribution in [-0.2, 0) is 0 Å². The molecule has 3 aromatic rings. The Morgan fingerprint density at radius 1 is 0.839 bits per heavy atom. The molecule has 0 unspecified atom stereocenters. The van der Waals surface area contributed by atoms with Crippen LogP contribution in [0, 0.1) is 20.2 Å². The number of para-hydroxylation sites is 1. The summed E-state index contributed by atoms with van der Waals surface area (Å²) in [6.45, 7) is 0. The van der Waals surface area contributed by atoms with Crippen molar-refractivity contribution in [3.05, 3.63) is 98.6 Å². The van der Waals surface area contributed by atoms with Gasteiger partial charge in [0.1, 0.15) is 11.5 Å². The number of amides is 1. The van der Waals surface area contributed by atoms with Crippen molar-refractivity contribution >= 4 is 40.3 Å². The molecular weight excluding hydrogens is 424 g/mol. The molecule has 0 bridgehead atoms. The maximum absolute atomic E-state index is 12.3. The summed E-state index contributed by atoms with van der Waals surface area (Å²) in [6.07, 6.45) is 0. The number of anilines is 1. The van der Waals surface area contributed by atoms with Crippen molar-refractivity contribution in [1.29, 1.82) is 0 Å². The second kappa shape index (κ2) is 9.41. The van der Waals surface area contributed by atoms with Gasteiger partial charge in [-0.15, -0.1) is 0 Å². The Balaban J connectivity index is 1.64. The Hall–Kier alpha value is -4.38. The number of ether oxygens (including phenoxy) is 1. The molecule has 0 saturated heterocycles. The molecule has 0 aromatic heterocycles. The van der Waals surface area contributed by atoms with Gasteiger partial charge in [0, 0.05) is 17.8 Å². The summed E-state index contributed by atoms with van der Waals surface area (Å²) in [7, 11) is 0. The zero-order chi connectivity index (χ0) is 22.4. The van der Waals surface area contributed by atoms with Gasteiger partial charge in [0.05, 0.1) is 21.5 Å². The first-order chi connectivity index (χ1) is 14.8. The van der Waals surface area contributed by atoms with Gasteiger partial charge in [0.2, 0.25) is 0 Å². The molecule has 0 spiro atoms. The van der Waals surface area contributed by atoms with Gasteiger partial charge in [-0.3, -0.25) is 30.3 Å². The number of hydrogen-bond donors (Lipinski definition) is 2. The van der Waals surface area contributed by atoms with E-state index in [1.54, 1.807) is 24.3 Å². The van der Waals surface area contributed by atoms with Gasteiger partial charge >= 0.3 is 0 Å². The van der Waals surface area contributed by atoms with Crippen molar-refractivity contribution in [2.75, 3.05) is 5.32 Å². The number of thiocarbonyl (C=S) groups is 1. The Labute approximate surface area is 180 Å². The fraction of sp³-hybridized carbons (Fsp3) is 0. The smallest absolute Gasteiger partial charge is 0.277 e. The SMILES string of the molecule is O=C(NC(=S)Nc1ccc(Oc2ccccc2)cc1)c1cc([N+](=O)[O-])cc([N+](=O)[O-])c1. The quantitative estimate of drug-likeness (QED) is 0.328. The Bertz CT molecular complexity index is 1120. The Kier molecular flexibility index (Phi) is 6.48. The maximum Gasteiger partial charge on any atom is 0.277 e. The molecule has 1 amide bonds. The Morgan fingerprint density at radius 3 is 1.94 bits per heavy atom. The lowest BCUT2D eigenvalue weighted by Gasteiger charge is -2.11. The number of rotatable bonds is 6. The van der Waals surface area contributed by atoms with Gasteiger partial charge in [0.25, 0.3) is 17.3 Å². The topological polar surface area (TPSA) is 137 Å². The van der Waals surface area contributed by atoms with Crippen LogP contribution in [0.4, 0.5) is 17.1 Å². The number of carbonyl (C=O) groups is 1. The van der Waals surface area contributed by atoms with Crippen molar-refractivity contribution in [3.8, 4) is 11.5 Å². The molecule has 3 aromatic carbocycles. The summed E-state index contributed by atoms with van der Waals surface area (Å²) in [6, 6.07) is 18.6. The number of carbonyl (C=O) groups excluding carboxylic acids is 1. The minimum absolute atomic E-state index is 0.0871. The molecule has 0 aliphatic carbocycles. The number of nitrogens with one attached hydrogen (secondary N) is 2. The Morgan fingerprint density at radius 2 is 1.39 bits per heavy atom. The first kappa shape index (κ1) is 21.3. The monoisotopic (exact) mass is 438 g/mol. The van der Waals surface area contributed by atoms with E-state index in [1.165, 1.54) is 0 Å². The summed E-state index contributed by atoms with van der Waals surface area (Å²) in [5.74, 6) is 0.445. The van der Waals surface area contributed by atoms with Crippen molar-refractivity contribution in [3.63, 3.8) is 0 Å². The first-order valence-corrected chi connectivity index (χ1v) is 9.12. The van der Waals surface area contributed by atoms with Crippen LogP contribution in [0.1, 0.15) is 10.4 Å². The van der Waals surface area contributed by atoms with Gasteiger partial charge < -0.3 is 10.1 Å². The lowest BCUT2D eigenvalue weighted by Crippen LogP contribution is -2.34. The predicted molar refractivity (Wildman–Crippen MR) is 116 cm³/mol. The van der Waals surface area contributed by atoms with Crippen molar-refractivity contribution in [1.82, 2.24) is 5.32 Å². The third-order valence-corrected chi connectivity index (χ3v) is 4.11. The minimum Gasteiger partial charge on any atom is -0.457 e. The highest BCUT2D eigenvalue weighted by Crippen LogP contribution is 2.24. The van der Waals surface area contributed by atoms with Gasteiger partial charge in [-0.25, -0.2) is 0 Å². The summed E-state index contributed by atoms with van der Waals surface area (Å²) in [5.41, 5.74) is -0.869. The van der Waals surface area contributed by atoms with E-state index >= 15 is 0 Å². The lowest BCUT2D eigenvalue weighted by molar-refractivity contribution is -0.394. The molecule has 0 aliphatic rings. The minimum atomic E-state index is -0.826. The first-order valence-electron chi connectivity index (χ1n) is 8.71. The highest BCUT2D eigenvalue weighted by Gasteiger charge is 2.20. The standard InChI is InChI=1S/C20H14N4O6S/c25-19(13-10-15(23(26)27)12-16(11-13)24(28)29)22-20(31)21-14-6-8-18(9-7-14)30-17-4-2-1-3-5-17/h1-12H,(H2,21,22,25,31). The van der Waals surface area contributed by atoms with Crippen LogP contribution < -0.4 is 15.4 Å². The van der Waals surface area contributed by atoms with Crippen LogP contribution in [0.5, 0.6) is 11.5 Å². The molecule has 11 heteroatoms. The third kappa shape index (κ3) is 5.81. The molecular formula is C20H14N4O6S. The fourth-order valence-corrected chi connectivity index (χ4v) is 2.72. The van der Waals surface area contributed by atoms with E-state index in [2.05, 4.69) is 10.6 Å². The van der Waals surface area contributed by atoms with Crippen LogP contribution in [-0.4, -0.2) is 20.9 Å². The maximum atomic E-state index is 12.3. The number of nitrogens with zero attached hydrogens (tertiary/aromatic N) is 2. The summed E-state index contributed by atoms with van der Waals surface area (Å²) in [5, 5.41) is 27.0. The van der Waals surface area contributed by atoms with Gasteiger partial charge in [-0.05, 0) is 48.6 Å². The van der Waals surface area contributed by atoms with E-state index in [0.717, 1.165) is 18.2 Å². The number of nitro groups is 2. The third-order valence-electron chi connectivity index (χ3n) is 3.90. The van der Waals surface area contributed by atoms with Crippen LogP contribution in [0.2, 0.25) is 0 Å². The normalized spacial score (nSPS) is 10.1. The van der Waals surface area contributed by atoms with Gasteiger partial charge in [-0.1, -0.05) is 18.2 Å².